The van der Waals surface area contributed by atoms with E-state index in [1.165, 1.54) is 10.9 Å². The Hall–Kier alpha value is -4.38. The van der Waals surface area contributed by atoms with E-state index in [-0.39, 0.29) is 0 Å². The topological polar surface area (TPSA) is 44.9 Å². The molecule has 5 heteroatoms. The van der Waals surface area contributed by atoms with Crippen molar-refractivity contribution < 1.29 is 4.74 Å². The van der Waals surface area contributed by atoms with Gasteiger partial charge in [-0.2, -0.15) is 5.10 Å². The van der Waals surface area contributed by atoms with Crippen molar-refractivity contribution in [1.29, 1.82) is 0 Å². The molecule has 6 aromatic rings. The number of ether oxygens (including phenoxy) is 1. The fraction of sp³-hybridized carbons (Fsp3) is 0.103. The average molecular weight is 445 g/mol. The first kappa shape index (κ1) is 20.2. The number of fused-ring (bicyclic) bond motifs is 2. The van der Waals surface area contributed by atoms with Crippen LogP contribution in [0.5, 0.6) is 5.75 Å². The number of para-hydroxylation sites is 2. The predicted molar refractivity (Wildman–Crippen MR) is 137 cm³/mol. The Labute approximate surface area is 197 Å². The highest BCUT2D eigenvalue weighted by Gasteiger charge is 2.18. The number of benzene rings is 3. The zero-order valence-electron chi connectivity index (χ0n) is 19.1. The third-order valence-electron chi connectivity index (χ3n) is 6.33. The molecule has 5 nitrogen and oxygen atoms in total. The van der Waals surface area contributed by atoms with Crippen molar-refractivity contribution in [3.63, 3.8) is 0 Å². The fourth-order valence-corrected chi connectivity index (χ4v) is 4.61. The molecule has 0 aliphatic heterocycles. The lowest BCUT2D eigenvalue weighted by molar-refractivity contribution is 0.415. The lowest BCUT2D eigenvalue weighted by atomic mass is 10.00. The Morgan fingerprint density at radius 1 is 0.824 bits per heavy atom. The van der Waals surface area contributed by atoms with E-state index >= 15 is 0 Å². The van der Waals surface area contributed by atoms with E-state index in [0.29, 0.717) is 0 Å². The van der Waals surface area contributed by atoms with E-state index in [4.69, 9.17) is 9.72 Å². The summed E-state index contributed by atoms with van der Waals surface area (Å²) in [5.74, 6) is 0.828. The molecule has 0 spiro atoms. The minimum atomic E-state index is 0.758. The van der Waals surface area contributed by atoms with Gasteiger partial charge in [0.1, 0.15) is 5.75 Å². The Balaban J connectivity index is 1.64. The molecule has 0 bridgehead atoms. The largest absolute Gasteiger partial charge is 0.497 e. The minimum absolute atomic E-state index is 0.758. The van der Waals surface area contributed by atoms with Gasteiger partial charge in [-0.25, -0.2) is 9.67 Å². The van der Waals surface area contributed by atoms with E-state index in [0.717, 1.165) is 51.4 Å². The molecule has 3 heterocycles. The van der Waals surface area contributed by atoms with Crippen molar-refractivity contribution in [2.45, 2.75) is 13.5 Å². The molecule has 0 radical (unpaired) electrons. The maximum atomic E-state index is 5.35. The van der Waals surface area contributed by atoms with Crippen molar-refractivity contribution in [3.05, 3.63) is 97.3 Å². The van der Waals surface area contributed by atoms with Crippen LogP contribution in [-0.2, 0) is 6.54 Å². The summed E-state index contributed by atoms with van der Waals surface area (Å²) in [6.45, 7) is 2.85. The monoisotopic (exact) mass is 444 g/mol. The molecule has 0 saturated heterocycles. The third-order valence-corrected chi connectivity index (χ3v) is 6.33. The summed E-state index contributed by atoms with van der Waals surface area (Å²) < 4.78 is 9.57. The molecule has 0 N–H and O–H groups in total. The van der Waals surface area contributed by atoms with Crippen LogP contribution in [0.1, 0.15) is 6.92 Å². The number of hydrogen-bond donors (Lipinski definition) is 0. The number of rotatable bonds is 5. The van der Waals surface area contributed by atoms with Gasteiger partial charge in [0.2, 0.25) is 0 Å². The van der Waals surface area contributed by atoms with E-state index < -0.39 is 0 Å². The van der Waals surface area contributed by atoms with Gasteiger partial charge in [0.05, 0.1) is 24.5 Å². The average Bonchev–Trinajstić information content (AvgIpc) is 3.50. The number of hydrogen-bond acceptors (Lipinski definition) is 3. The van der Waals surface area contributed by atoms with Gasteiger partial charge < -0.3 is 9.30 Å². The van der Waals surface area contributed by atoms with Crippen molar-refractivity contribution in [3.8, 4) is 33.8 Å². The summed E-state index contributed by atoms with van der Waals surface area (Å²) >= 11 is 0. The minimum Gasteiger partial charge on any atom is -0.497 e. The summed E-state index contributed by atoms with van der Waals surface area (Å²) in [5.41, 5.74) is 7.44. The van der Waals surface area contributed by atoms with Crippen LogP contribution in [0, 0.1) is 0 Å². The Kier molecular flexibility index (Phi) is 4.88. The second-order valence-corrected chi connectivity index (χ2v) is 8.25. The van der Waals surface area contributed by atoms with Gasteiger partial charge in [-0.05, 0) is 61.0 Å². The molecule has 0 saturated carbocycles. The molecule has 0 unspecified atom stereocenters. The molecular formula is C29H24N4O. The number of methoxy groups -OCH3 is 1. The standard InChI is InChI=1S/C29H24N4O/c1-3-33-29-25(18-30-33)24(17-27(31-29)20-13-15-22(34-2)16-14-20)26-19-32(21-9-5-4-6-10-21)28-12-8-7-11-23(26)28/h4-19H,3H2,1-2H3. The normalized spacial score (nSPS) is 11.4. The van der Waals surface area contributed by atoms with Crippen LogP contribution in [0.4, 0.5) is 0 Å². The smallest absolute Gasteiger partial charge is 0.159 e. The molecule has 0 aliphatic carbocycles. The molecule has 0 amide bonds. The number of pyridine rings is 1. The first-order valence-electron chi connectivity index (χ1n) is 11.4. The summed E-state index contributed by atoms with van der Waals surface area (Å²) in [7, 11) is 1.68. The second-order valence-electron chi connectivity index (χ2n) is 8.25. The summed E-state index contributed by atoms with van der Waals surface area (Å²) in [6, 6.07) is 29.2. The zero-order chi connectivity index (χ0) is 23.1. The van der Waals surface area contributed by atoms with Gasteiger partial charge in [-0.1, -0.05) is 36.4 Å². The second kappa shape index (κ2) is 8.19. The first-order chi connectivity index (χ1) is 16.8. The molecule has 0 atom stereocenters. The molecule has 0 aliphatic rings. The molecule has 34 heavy (non-hydrogen) atoms. The molecule has 3 aromatic heterocycles. The van der Waals surface area contributed by atoms with E-state index in [9.17, 15) is 0 Å². The fourth-order valence-electron chi connectivity index (χ4n) is 4.61. The zero-order valence-corrected chi connectivity index (χ0v) is 19.1. The van der Waals surface area contributed by atoms with E-state index in [1.54, 1.807) is 7.11 Å². The highest BCUT2D eigenvalue weighted by molar-refractivity contribution is 6.05. The Morgan fingerprint density at radius 3 is 2.35 bits per heavy atom. The maximum absolute atomic E-state index is 5.35. The van der Waals surface area contributed by atoms with Gasteiger partial charge in [-0.3, -0.25) is 0 Å². The third kappa shape index (κ3) is 3.25. The van der Waals surface area contributed by atoms with Crippen LogP contribution in [0.2, 0.25) is 0 Å². The lowest BCUT2D eigenvalue weighted by Gasteiger charge is -2.09. The van der Waals surface area contributed by atoms with E-state index in [1.807, 2.05) is 29.1 Å². The highest BCUT2D eigenvalue weighted by Crippen LogP contribution is 2.38. The SMILES string of the molecule is CCn1ncc2c(-c3cn(-c4ccccc4)c4ccccc34)cc(-c3ccc(OC)cc3)nc21. The van der Waals surface area contributed by atoms with Gasteiger partial charge in [-0.15, -0.1) is 0 Å². The van der Waals surface area contributed by atoms with Crippen LogP contribution in [0.15, 0.2) is 97.3 Å². The van der Waals surface area contributed by atoms with Crippen LogP contribution in [0.3, 0.4) is 0 Å². The Morgan fingerprint density at radius 2 is 1.59 bits per heavy atom. The van der Waals surface area contributed by atoms with Crippen molar-refractivity contribution in [1.82, 2.24) is 19.3 Å². The molecular weight excluding hydrogens is 420 g/mol. The summed E-state index contributed by atoms with van der Waals surface area (Å²) in [6.07, 6.45) is 4.17. The van der Waals surface area contributed by atoms with Gasteiger partial charge in [0.25, 0.3) is 0 Å². The Bertz CT molecular complexity index is 1610. The van der Waals surface area contributed by atoms with Crippen molar-refractivity contribution in [2.75, 3.05) is 7.11 Å². The van der Waals surface area contributed by atoms with Crippen LogP contribution >= 0.6 is 0 Å². The molecule has 3 aromatic carbocycles. The van der Waals surface area contributed by atoms with Crippen LogP contribution < -0.4 is 4.74 Å². The van der Waals surface area contributed by atoms with Gasteiger partial charge in [0.15, 0.2) is 5.65 Å². The molecule has 0 fully saturated rings. The summed E-state index contributed by atoms with van der Waals surface area (Å²) in [5, 5.41) is 6.88. The number of aromatic nitrogens is 4. The van der Waals surface area contributed by atoms with Crippen LogP contribution in [-0.4, -0.2) is 26.4 Å². The summed E-state index contributed by atoms with van der Waals surface area (Å²) in [4.78, 5) is 5.02. The van der Waals surface area contributed by atoms with Gasteiger partial charge in [0, 0.05) is 40.3 Å². The van der Waals surface area contributed by atoms with Crippen molar-refractivity contribution >= 4 is 21.9 Å². The predicted octanol–water partition coefficient (Wildman–Crippen LogP) is 6.74. The number of nitrogens with zero attached hydrogens (tertiary/aromatic N) is 4. The maximum Gasteiger partial charge on any atom is 0.159 e. The molecule has 166 valence electrons. The first-order valence-corrected chi connectivity index (χ1v) is 11.4. The number of aryl methyl sites for hydroxylation is 1. The van der Waals surface area contributed by atoms with Crippen molar-refractivity contribution in [2.24, 2.45) is 0 Å². The van der Waals surface area contributed by atoms with Crippen LogP contribution in [0.25, 0.3) is 50.0 Å². The lowest BCUT2D eigenvalue weighted by Crippen LogP contribution is -1.98. The van der Waals surface area contributed by atoms with Gasteiger partial charge >= 0.3 is 0 Å². The van der Waals surface area contributed by atoms with E-state index in [2.05, 4.69) is 89.5 Å². The molecule has 6 rings (SSSR count). The highest BCUT2D eigenvalue weighted by atomic mass is 16.5. The quantitative estimate of drug-likeness (QED) is 0.296.